The van der Waals surface area contributed by atoms with Gasteiger partial charge in [-0.1, -0.05) is 0 Å². The third-order valence-corrected chi connectivity index (χ3v) is 3.51. The lowest BCUT2D eigenvalue weighted by Gasteiger charge is -2.04. The second kappa shape index (κ2) is 4.45. The molecule has 1 aliphatic heterocycles. The molecule has 0 radical (unpaired) electrons. The van der Waals surface area contributed by atoms with E-state index < -0.39 is 15.8 Å². The van der Waals surface area contributed by atoms with E-state index in [1.807, 2.05) is 0 Å². The van der Waals surface area contributed by atoms with Crippen LogP contribution in [0.1, 0.15) is 6.42 Å². The molecule has 0 aromatic carbocycles. The number of carbonyl (C=O) groups excluding carboxylic acids is 1. The van der Waals surface area contributed by atoms with Crippen LogP contribution in [0.3, 0.4) is 0 Å². The average molecular weight is 219 g/mol. The van der Waals surface area contributed by atoms with Crippen molar-refractivity contribution in [1.29, 1.82) is 0 Å². The fourth-order valence-electron chi connectivity index (χ4n) is 1.20. The van der Waals surface area contributed by atoms with Gasteiger partial charge in [0.2, 0.25) is 0 Å². The molecule has 80 valence electrons. The number of esters is 1. The van der Waals surface area contributed by atoms with Crippen molar-refractivity contribution in [3.63, 3.8) is 0 Å². The number of ether oxygens (including phenoxy) is 1. The minimum Gasteiger partial charge on any atom is -0.466 e. The zero-order valence-electron chi connectivity index (χ0n) is 7.95. The summed E-state index contributed by atoms with van der Waals surface area (Å²) in [5.41, 5.74) is 0.411. The van der Waals surface area contributed by atoms with Crippen LogP contribution in [0.4, 0.5) is 0 Å². The van der Waals surface area contributed by atoms with Gasteiger partial charge in [-0.3, -0.25) is 0 Å². The monoisotopic (exact) mass is 219 g/mol. The minimum atomic E-state index is -3.06. The lowest BCUT2D eigenvalue weighted by Crippen LogP contribution is -2.18. The first-order valence-corrected chi connectivity index (χ1v) is 6.08. The Bertz CT molecular complexity index is 344. The smallest absolute Gasteiger partial charge is 0.332 e. The maximum Gasteiger partial charge on any atom is 0.332 e. The molecule has 0 spiro atoms. The minimum absolute atomic E-state index is 0.109. The summed E-state index contributed by atoms with van der Waals surface area (Å²) in [4.78, 5) is 10.9. The molecule has 1 N–H and O–H groups in total. The summed E-state index contributed by atoms with van der Waals surface area (Å²) < 4.78 is 27.0. The molecule has 0 aromatic rings. The molecular formula is C8H13NO4S. The van der Waals surface area contributed by atoms with Crippen LogP contribution < -0.4 is 5.32 Å². The van der Waals surface area contributed by atoms with Gasteiger partial charge in [-0.05, 0) is 6.42 Å². The van der Waals surface area contributed by atoms with Gasteiger partial charge in [-0.25, -0.2) is 13.2 Å². The highest BCUT2D eigenvalue weighted by molar-refractivity contribution is 7.91. The summed E-state index contributed by atoms with van der Waals surface area (Å²) in [5.74, 6) is -0.481. The molecule has 14 heavy (non-hydrogen) atoms. The number of methoxy groups -OCH3 is 1. The zero-order chi connectivity index (χ0) is 10.6. The molecule has 0 aromatic heterocycles. The van der Waals surface area contributed by atoms with E-state index in [-0.39, 0.29) is 11.5 Å². The quantitative estimate of drug-likeness (QED) is 0.473. The summed E-state index contributed by atoms with van der Waals surface area (Å²) in [6.45, 7) is 0.571. The molecule has 1 saturated heterocycles. The topological polar surface area (TPSA) is 72.5 Å². The summed E-state index contributed by atoms with van der Waals surface area (Å²) in [7, 11) is -1.81. The van der Waals surface area contributed by atoms with Crippen molar-refractivity contribution in [3.8, 4) is 0 Å². The van der Waals surface area contributed by atoms with Gasteiger partial charge in [0.1, 0.15) is 0 Å². The fraction of sp³-hybridized carbons (Fsp3) is 0.625. The number of carbonyl (C=O) groups is 1. The standard InChI is InChI=1S/C8H13NO4S/c1-13-8(10)5-7-6-14(11,12)4-2-3-9-7/h5,9H,2-4,6H2,1H3/b7-5+. The highest BCUT2D eigenvalue weighted by Crippen LogP contribution is 2.05. The lowest BCUT2D eigenvalue weighted by molar-refractivity contribution is -0.134. The molecular weight excluding hydrogens is 206 g/mol. The van der Waals surface area contributed by atoms with Crippen molar-refractivity contribution in [1.82, 2.24) is 5.32 Å². The van der Waals surface area contributed by atoms with E-state index in [1.54, 1.807) is 0 Å². The van der Waals surface area contributed by atoms with E-state index in [2.05, 4.69) is 10.1 Å². The Labute approximate surface area is 83.0 Å². The Kier molecular flexibility index (Phi) is 3.51. The molecule has 1 fully saturated rings. The third kappa shape index (κ3) is 3.37. The van der Waals surface area contributed by atoms with Crippen LogP contribution in [0.25, 0.3) is 0 Å². The van der Waals surface area contributed by atoms with Crippen molar-refractivity contribution in [2.45, 2.75) is 6.42 Å². The van der Waals surface area contributed by atoms with Gasteiger partial charge in [0.05, 0.1) is 18.6 Å². The van der Waals surface area contributed by atoms with Crippen molar-refractivity contribution >= 4 is 15.8 Å². The van der Waals surface area contributed by atoms with Crippen LogP contribution >= 0.6 is 0 Å². The Balaban J connectivity index is 2.79. The molecule has 1 heterocycles. The van der Waals surface area contributed by atoms with E-state index in [1.165, 1.54) is 13.2 Å². The van der Waals surface area contributed by atoms with Crippen LogP contribution in [0.2, 0.25) is 0 Å². The first-order chi connectivity index (χ1) is 6.53. The lowest BCUT2D eigenvalue weighted by atomic mass is 10.4. The molecule has 0 amide bonds. The summed E-state index contributed by atoms with van der Waals surface area (Å²) >= 11 is 0. The number of hydrogen-bond donors (Lipinski definition) is 1. The van der Waals surface area contributed by atoms with Crippen molar-refractivity contribution in [2.24, 2.45) is 0 Å². The van der Waals surface area contributed by atoms with Gasteiger partial charge in [0, 0.05) is 18.3 Å². The van der Waals surface area contributed by atoms with Crippen LogP contribution in [0.15, 0.2) is 11.8 Å². The van der Waals surface area contributed by atoms with Gasteiger partial charge in [0.25, 0.3) is 0 Å². The Morgan fingerprint density at radius 2 is 2.29 bits per heavy atom. The van der Waals surface area contributed by atoms with E-state index >= 15 is 0 Å². The van der Waals surface area contributed by atoms with Gasteiger partial charge < -0.3 is 10.1 Å². The highest BCUT2D eigenvalue weighted by Gasteiger charge is 2.17. The SMILES string of the molecule is COC(=O)/C=C1\CS(=O)(=O)CCCN1. The van der Waals surface area contributed by atoms with Crippen molar-refractivity contribution in [2.75, 3.05) is 25.2 Å². The molecule has 1 aliphatic rings. The predicted molar refractivity (Wildman–Crippen MR) is 51.4 cm³/mol. The zero-order valence-corrected chi connectivity index (χ0v) is 8.76. The predicted octanol–water partition coefficient (Wildman–Crippen LogP) is -0.549. The maximum atomic E-state index is 11.3. The third-order valence-electron chi connectivity index (χ3n) is 1.85. The number of nitrogens with one attached hydrogen (secondary N) is 1. The van der Waals surface area contributed by atoms with Gasteiger partial charge in [-0.15, -0.1) is 0 Å². The van der Waals surface area contributed by atoms with Crippen LogP contribution in [-0.2, 0) is 19.4 Å². The normalized spacial score (nSPS) is 23.6. The Morgan fingerprint density at radius 1 is 1.57 bits per heavy atom. The molecule has 0 unspecified atom stereocenters. The summed E-state index contributed by atoms with van der Waals surface area (Å²) in [6, 6.07) is 0. The summed E-state index contributed by atoms with van der Waals surface area (Å²) in [5, 5.41) is 2.88. The van der Waals surface area contributed by atoms with Crippen molar-refractivity contribution < 1.29 is 17.9 Å². The summed E-state index contributed by atoms with van der Waals surface area (Å²) in [6.07, 6.45) is 1.75. The highest BCUT2D eigenvalue weighted by atomic mass is 32.2. The molecule has 6 heteroatoms. The molecule has 0 bridgehead atoms. The first kappa shape index (κ1) is 11.0. The van der Waals surface area contributed by atoms with E-state index in [0.717, 1.165) is 0 Å². The van der Waals surface area contributed by atoms with Gasteiger partial charge in [-0.2, -0.15) is 0 Å². The molecule has 0 atom stereocenters. The molecule has 0 aliphatic carbocycles. The van der Waals surface area contributed by atoms with Crippen LogP contribution in [0.5, 0.6) is 0 Å². The Hall–Kier alpha value is -1.04. The van der Waals surface area contributed by atoms with Crippen molar-refractivity contribution in [3.05, 3.63) is 11.8 Å². The number of sulfone groups is 1. The van der Waals surface area contributed by atoms with E-state index in [4.69, 9.17) is 0 Å². The number of hydrogen-bond acceptors (Lipinski definition) is 5. The van der Waals surface area contributed by atoms with E-state index in [0.29, 0.717) is 18.7 Å². The van der Waals surface area contributed by atoms with Gasteiger partial charge >= 0.3 is 5.97 Å². The maximum absolute atomic E-state index is 11.3. The second-order valence-electron chi connectivity index (χ2n) is 3.07. The molecule has 0 saturated carbocycles. The average Bonchev–Trinajstić information content (AvgIpc) is 2.26. The molecule has 1 rings (SSSR count). The molecule has 5 nitrogen and oxygen atoms in total. The largest absolute Gasteiger partial charge is 0.466 e. The van der Waals surface area contributed by atoms with Gasteiger partial charge in [0.15, 0.2) is 9.84 Å². The Morgan fingerprint density at radius 3 is 2.93 bits per heavy atom. The second-order valence-corrected chi connectivity index (χ2v) is 5.25. The van der Waals surface area contributed by atoms with Crippen LogP contribution in [-0.4, -0.2) is 39.5 Å². The number of rotatable bonds is 1. The van der Waals surface area contributed by atoms with Crippen LogP contribution in [0, 0.1) is 0 Å². The first-order valence-electron chi connectivity index (χ1n) is 4.26. The fourth-order valence-corrected chi connectivity index (χ4v) is 2.58. The van der Waals surface area contributed by atoms with E-state index in [9.17, 15) is 13.2 Å².